The van der Waals surface area contributed by atoms with Crippen molar-refractivity contribution in [3.63, 3.8) is 0 Å². The highest BCUT2D eigenvalue weighted by atomic mass is 19.4. The summed E-state index contributed by atoms with van der Waals surface area (Å²) in [7, 11) is 0. The zero-order chi connectivity index (χ0) is 16.7. The molecule has 2 amide bonds. The number of urea groups is 1. The average Bonchev–Trinajstić information content (AvgIpc) is 3.00. The summed E-state index contributed by atoms with van der Waals surface area (Å²) >= 11 is 0. The molecule has 122 valence electrons. The van der Waals surface area contributed by atoms with Gasteiger partial charge in [0.1, 0.15) is 0 Å². The van der Waals surface area contributed by atoms with Crippen LogP contribution in [0.3, 0.4) is 0 Å². The molecule has 2 bridgehead atoms. The van der Waals surface area contributed by atoms with Gasteiger partial charge in [-0.1, -0.05) is 18.1 Å². The van der Waals surface area contributed by atoms with Gasteiger partial charge in [0, 0.05) is 18.2 Å². The van der Waals surface area contributed by atoms with Gasteiger partial charge in [0.05, 0.1) is 5.41 Å². The van der Waals surface area contributed by atoms with Gasteiger partial charge in [-0.3, -0.25) is 0 Å². The van der Waals surface area contributed by atoms with E-state index in [0.29, 0.717) is 5.56 Å². The van der Waals surface area contributed by atoms with E-state index in [1.807, 2.05) is 6.07 Å². The van der Waals surface area contributed by atoms with Gasteiger partial charge in [-0.05, 0) is 42.9 Å². The molecule has 3 saturated carbocycles. The highest BCUT2D eigenvalue weighted by molar-refractivity contribution is 5.74. The first-order valence-corrected chi connectivity index (χ1v) is 7.50. The Bertz CT molecular complexity index is 657. The van der Waals surface area contributed by atoms with Crippen molar-refractivity contribution in [2.24, 2.45) is 11.3 Å². The summed E-state index contributed by atoms with van der Waals surface area (Å²) < 4.78 is 39.0. The molecule has 0 aromatic heterocycles. The van der Waals surface area contributed by atoms with Crippen molar-refractivity contribution in [2.75, 3.05) is 0 Å². The molecule has 0 aliphatic heterocycles. The Morgan fingerprint density at radius 1 is 1.35 bits per heavy atom. The summed E-state index contributed by atoms with van der Waals surface area (Å²) in [5, 5.41) is 5.34. The van der Waals surface area contributed by atoms with Gasteiger partial charge in [-0.15, -0.1) is 6.42 Å². The highest BCUT2D eigenvalue weighted by Gasteiger charge is 2.68. The lowest BCUT2D eigenvalue weighted by Gasteiger charge is -2.39. The molecule has 6 heteroatoms. The Hall–Kier alpha value is -2.16. The SMILES string of the molecule is C#Cc1cccc(CNC(=O)N[C@@H]2CC3(C(F)(F)F)CC2C3)c1. The third-order valence-electron chi connectivity index (χ3n) is 4.95. The number of nitrogens with one attached hydrogen (secondary N) is 2. The van der Waals surface area contributed by atoms with E-state index in [0.717, 1.165) is 5.56 Å². The predicted molar refractivity (Wildman–Crippen MR) is 79.4 cm³/mol. The Balaban J connectivity index is 1.51. The van der Waals surface area contributed by atoms with Crippen molar-refractivity contribution in [3.8, 4) is 12.3 Å². The maximum Gasteiger partial charge on any atom is 0.394 e. The maximum atomic E-state index is 13.0. The predicted octanol–water partition coefficient (Wildman–Crippen LogP) is 3.20. The molecule has 3 aliphatic rings. The molecule has 1 atom stereocenters. The van der Waals surface area contributed by atoms with Gasteiger partial charge >= 0.3 is 12.2 Å². The lowest BCUT2D eigenvalue weighted by Crippen LogP contribution is -2.44. The van der Waals surface area contributed by atoms with Crippen molar-refractivity contribution >= 4 is 6.03 Å². The van der Waals surface area contributed by atoms with Crippen LogP contribution in [-0.4, -0.2) is 18.2 Å². The summed E-state index contributed by atoms with van der Waals surface area (Å²) in [6, 6.07) is 6.35. The van der Waals surface area contributed by atoms with E-state index in [1.54, 1.807) is 18.2 Å². The van der Waals surface area contributed by atoms with Gasteiger partial charge in [-0.2, -0.15) is 13.2 Å². The standard InChI is InChI=1S/C17H17F3N2O/c1-2-11-4-3-5-12(6-11)10-21-15(23)22-14-9-16(17(18,19)20)7-13(14)8-16/h1,3-6,13-14H,7-10H2,(H2,21,22,23)/t13?,14-,16?/m1/s1. The van der Waals surface area contributed by atoms with E-state index >= 15 is 0 Å². The Kier molecular flexibility index (Phi) is 3.75. The van der Waals surface area contributed by atoms with Crippen LogP contribution in [0.1, 0.15) is 30.4 Å². The van der Waals surface area contributed by atoms with Crippen LogP contribution < -0.4 is 10.6 Å². The zero-order valence-electron chi connectivity index (χ0n) is 12.4. The monoisotopic (exact) mass is 322 g/mol. The molecule has 0 heterocycles. The van der Waals surface area contributed by atoms with Gasteiger partial charge < -0.3 is 10.6 Å². The number of carbonyl (C=O) groups excluding carboxylic acids is 1. The molecule has 1 aromatic rings. The number of benzene rings is 1. The van der Waals surface area contributed by atoms with Gasteiger partial charge in [-0.25, -0.2) is 4.79 Å². The highest BCUT2D eigenvalue weighted by Crippen LogP contribution is 2.65. The molecular formula is C17H17F3N2O. The summed E-state index contributed by atoms with van der Waals surface area (Å²) in [5.74, 6) is 2.45. The van der Waals surface area contributed by atoms with Crippen molar-refractivity contribution in [1.82, 2.24) is 10.6 Å². The van der Waals surface area contributed by atoms with Crippen LogP contribution in [0.5, 0.6) is 0 Å². The molecule has 2 N–H and O–H groups in total. The summed E-state index contributed by atoms with van der Waals surface area (Å²) in [5.41, 5.74) is -0.0111. The fraction of sp³-hybridized carbons (Fsp3) is 0.471. The van der Waals surface area contributed by atoms with Gasteiger partial charge in [0.15, 0.2) is 0 Å². The summed E-state index contributed by atoms with van der Waals surface area (Å²) in [4.78, 5) is 11.9. The third kappa shape index (κ3) is 2.88. The van der Waals surface area contributed by atoms with Crippen LogP contribution in [0.2, 0.25) is 0 Å². The molecule has 0 spiro atoms. The number of alkyl halides is 3. The molecule has 3 nitrogen and oxygen atoms in total. The van der Waals surface area contributed by atoms with E-state index in [2.05, 4.69) is 16.6 Å². The number of amides is 2. The molecular weight excluding hydrogens is 305 g/mol. The number of terminal acetylenes is 1. The smallest absolute Gasteiger partial charge is 0.335 e. The lowest BCUT2D eigenvalue weighted by atomic mass is 9.69. The third-order valence-corrected chi connectivity index (χ3v) is 4.95. The first kappa shape index (κ1) is 15.7. The molecule has 0 unspecified atom stereocenters. The molecule has 4 rings (SSSR count). The number of rotatable bonds is 3. The minimum Gasteiger partial charge on any atom is -0.335 e. The topological polar surface area (TPSA) is 41.1 Å². The molecule has 1 aromatic carbocycles. The quantitative estimate of drug-likeness (QED) is 0.825. The van der Waals surface area contributed by atoms with Crippen molar-refractivity contribution in [3.05, 3.63) is 35.4 Å². The minimum atomic E-state index is -4.17. The van der Waals surface area contributed by atoms with Crippen LogP contribution >= 0.6 is 0 Å². The first-order chi connectivity index (χ1) is 10.8. The molecule has 0 saturated heterocycles. The van der Waals surface area contributed by atoms with Crippen molar-refractivity contribution in [2.45, 2.75) is 38.0 Å². The van der Waals surface area contributed by atoms with Crippen molar-refractivity contribution < 1.29 is 18.0 Å². The molecule has 0 radical (unpaired) electrons. The molecule has 3 fully saturated rings. The lowest BCUT2D eigenvalue weighted by molar-refractivity contribution is -0.244. The summed E-state index contributed by atoms with van der Waals surface area (Å²) in [6.45, 7) is 0.281. The van der Waals surface area contributed by atoms with E-state index in [1.165, 1.54) is 0 Å². The van der Waals surface area contributed by atoms with E-state index in [-0.39, 0.29) is 31.7 Å². The largest absolute Gasteiger partial charge is 0.394 e. The minimum absolute atomic E-state index is 0.0127. The number of carbonyl (C=O) groups is 1. The summed E-state index contributed by atoms with van der Waals surface area (Å²) in [6.07, 6.45) is 1.38. The maximum absolute atomic E-state index is 13.0. The second kappa shape index (κ2) is 5.48. The van der Waals surface area contributed by atoms with Crippen LogP contribution in [0.25, 0.3) is 0 Å². The van der Waals surface area contributed by atoms with Crippen LogP contribution in [0.15, 0.2) is 24.3 Å². The number of hydrogen-bond donors (Lipinski definition) is 2. The second-order valence-corrected chi connectivity index (χ2v) is 6.43. The zero-order valence-corrected chi connectivity index (χ0v) is 12.4. The molecule has 23 heavy (non-hydrogen) atoms. The van der Waals surface area contributed by atoms with E-state index in [4.69, 9.17) is 6.42 Å². The normalized spacial score (nSPS) is 28.6. The van der Waals surface area contributed by atoms with Crippen LogP contribution in [0, 0.1) is 23.7 Å². The Labute approximate surface area is 132 Å². The van der Waals surface area contributed by atoms with Gasteiger partial charge in [0.25, 0.3) is 0 Å². The average molecular weight is 322 g/mol. The first-order valence-electron chi connectivity index (χ1n) is 7.50. The molecule has 3 aliphatic carbocycles. The fourth-order valence-electron chi connectivity index (χ4n) is 3.67. The Morgan fingerprint density at radius 2 is 2.09 bits per heavy atom. The van der Waals surface area contributed by atoms with E-state index < -0.39 is 23.7 Å². The van der Waals surface area contributed by atoms with Crippen molar-refractivity contribution in [1.29, 1.82) is 0 Å². The van der Waals surface area contributed by atoms with Crippen LogP contribution in [-0.2, 0) is 6.54 Å². The number of halogens is 3. The van der Waals surface area contributed by atoms with Crippen LogP contribution in [0.4, 0.5) is 18.0 Å². The number of fused-ring (bicyclic) bond motifs is 1. The fourth-order valence-corrected chi connectivity index (χ4v) is 3.67. The van der Waals surface area contributed by atoms with E-state index in [9.17, 15) is 18.0 Å². The number of hydrogen-bond acceptors (Lipinski definition) is 1. The van der Waals surface area contributed by atoms with Gasteiger partial charge in [0.2, 0.25) is 0 Å². The Morgan fingerprint density at radius 3 is 2.70 bits per heavy atom. The second-order valence-electron chi connectivity index (χ2n) is 6.43.